The van der Waals surface area contributed by atoms with E-state index in [0.29, 0.717) is 16.5 Å². The van der Waals surface area contributed by atoms with Crippen LogP contribution in [0.3, 0.4) is 0 Å². The van der Waals surface area contributed by atoms with Crippen LogP contribution >= 0.6 is 0 Å². The van der Waals surface area contributed by atoms with E-state index in [0.717, 1.165) is 12.1 Å². The number of hydrogen-bond acceptors (Lipinski definition) is 5. The summed E-state index contributed by atoms with van der Waals surface area (Å²) in [5, 5.41) is 28.7. The lowest BCUT2D eigenvalue weighted by molar-refractivity contribution is -0.137. The lowest BCUT2D eigenvalue weighted by atomic mass is 9.85. The molecule has 0 fully saturated rings. The molecule has 2 aromatic carbocycles. The van der Waals surface area contributed by atoms with Crippen molar-refractivity contribution in [2.75, 3.05) is 13.2 Å². The average molecular weight is 507 g/mol. The predicted octanol–water partition coefficient (Wildman–Crippen LogP) is 2.72. The minimum Gasteiger partial charge on any atom is -0.394 e. The number of amides is 2. The minimum atomic E-state index is -4.44. The zero-order chi connectivity index (χ0) is 26.7. The number of carbonyl (C=O) groups excluding carboxylic acids is 2. The molecule has 0 spiro atoms. The molecule has 8 nitrogen and oxygen atoms in total. The van der Waals surface area contributed by atoms with Crippen molar-refractivity contribution in [2.45, 2.75) is 45.6 Å². The maximum absolute atomic E-state index is 13.3. The zero-order valence-electron chi connectivity index (χ0n) is 20.1. The molecule has 4 N–H and O–H groups in total. The number of aromatic nitrogens is 2. The molecule has 0 saturated heterocycles. The summed E-state index contributed by atoms with van der Waals surface area (Å²) in [5.74, 6) is -1.19. The number of rotatable bonds is 8. The van der Waals surface area contributed by atoms with Gasteiger partial charge < -0.3 is 20.8 Å². The highest BCUT2D eigenvalue weighted by atomic mass is 19.4. The molecule has 0 bridgehead atoms. The first-order valence-electron chi connectivity index (χ1n) is 11.3. The van der Waals surface area contributed by atoms with Gasteiger partial charge in [0, 0.05) is 5.39 Å². The normalized spacial score (nSPS) is 13.1. The highest BCUT2D eigenvalue weighted by Crippen LogP contribution is 2.29. The van der Waals surface area contributed by atoms with E-state index in [1.54, 1.807) is 45.0 Å². The van der Waals surface area contributed by atoms with Gasteiger partial charge in [-0.2, -0.15) is 18.3 Å². The first kappa shape index (κ1) is 27.2. The molecule has 1 atom stereocenters. The smallest absolute Gasteiger partial charge is 0.394 e. The highest BCUT2D eigenvalue weighted by molar-refractivity contribution is 6.06. The van der Waals surface area contributed by atoms with Gasteiger partial charge in [-0.25, -0.2) is 0 Å². The molecule has 0 aliphatic heterocycles. The molecule has 3 aromatic rings. The fraction of sp³-hybridized carbons (Fsp3) is 0.400. The van der Waals surface area contributed by atoms with E-state index in [1.165, 1.54) is 16.8 Å². The van der Waals surface area contributed by atoms with Crippen LogP contribution in [-0.2, 0) is 17.5 Å². The molecule has 0 radical (unpaired) electrons. The molecule has 1 aromatic heterocycles. The van der Waals surface area contributed by atoms with Gasteiger partial charge in [0.15, 0.2) is 5.69 Å². The van der Waals surface area contributed by atoms with Crippen LogP contribution in [0.1, 0.15) is 42.4 Å². The molecule has 2 amide bonds. The number of carbonyl (C=O) groups is 2. The Bertz CT molecular complexity index is 1210. The lowest BCUT2D eigenvalue weighted by Crippen LogP contribution is -2.56. The summed E-state index contributed by atoms with van der Waals surface area (Å²) in [6.45, 7) is 4.46. The van der Waals surface area contributed by atoms with E-state index < -0.39 is 54.3 Å². The van der Waals surface area contributed by atoms with E-state index in [9.17, 15) is 33.0 Å². The fourth-order valence-corrected chi connectivity index (χ4v) is 3.70. The van der Waals surface area contributed by atoms with Gasteiger partial charge in [-0.1, -0.05) is 51.1 Å². The molecular formula is C25H29F3N4O4. The number of halogens is 3. The van der Waals surface area contributed by atoms with Crippen molar-refractivity contribution < 1.29 is 33.0 Å². The summed E-state index contributed by atoms with van der Waals surface area (Å²) in [4.78, 5) is 26.1. The number of fused-ring (bicyclic) bond motifs is 1. The highest BCUT2D eigenvalue weighted by Gasteiger charge is 2.35. The van der Waals surface area contributed by atoms with E-state index in [1.807, 2.05) is 0 Å². The van der Waals surface area contributed by atoms with Crippen molar-refractivity contribution in [2.24, 2.45) is 5.41 Å². The predicted molar refractivity (Wildman–Crippen MR) is 127 cm³/mol. The lowest BCUT2D eigenvalue weighted by Gasteiger charge is -2.31. The summed E-state index contributed by atoms with van der Waals surface area (Å²) in [7, 11) is 0. The van der Waals surface area contributed by atoms with E-state index >= 15 is 0 Å². The van der Waals surface area contributed by atoms with Crippen molar-refractivity contribution in [1.29, 1.82) is 0 Å². The van der Waals surface area contributed by atoms with Crippen LogP contribution in [0.4, 0.5) is 13.2 Å². The number of aliphatic hydroxyl groups excluding tert-OH is 2. The summed E-state index contributed by atoms with van der Waals surface area (Å²) in [6.07, 6.45) is -4.44. The molecule has 36 heavy (non-hydrogen) atoms. The second-order valence-electron chi connectivity index (χ2n) is 9.56. The maximum atomic E-state index is 13.3. The second-order valence-corrected chi connectivity index (χ2v) is 9.56. The van der Waals surface area contributed by atoms with Crippen LogP contribution in [0.25, 0.3) is 10.9 Å². The Kier molecular flexibility index (Phi) is 8.05. The standard InChI is InChI=1S/C25H29F3N4O4/c1-24(2,3)21(23(36)29-17(13-33)14-34)30-22(35)20-18-6-4-5-7-19(18)32(31-20)12-15-8-10-16(11-9-15)25(26,27)28/h4-11,17,21,33-34H,12-14H2,1-3H3,(H,29,36)(H,30,35)/t21-/m1/s1. The maximum Gasteiger partial charge on any atom is 0.416 e. The topological polar surface area (TPSA) is 116 Å². The van der Waals surface area contributed by atoms with E-state index in [-0.39, 0.29) is 12.2 Å². The number of benzene rings is 2. The fourth-order valence-electron chi connectivity index (χ4n) is 3.70. The van der Waals surface area contributed by atoms with Gasteiger partial charge in [-0.3, -0.25) is 14.3 Å². The molecular weight excluding hydrogens is 477 g/mol. The quantitative estimate of drug-likeness (QED) is 0.375. The molecule has 0 saturated carbocycles. The minimum absolute atomic E-state index is 0.0560. The van der Waals surface area contributed by atoms with Crippen LogP contribution in [-0.4, -0.2) is 57.1 Å². The Morgan fingerprint density at radius 3 is 2.14 bits per heavy atom. The summed E-state index contributed by atoms with van der Waals surface area (Å²) < 4.78 is 40.2. The summed E-state index contributed by atoms with van der Waals surface area (Å²) >= 11 is 0. The Hall–Kier alpha value is -3.44. The number of nitrogens with one attached hydrogen (secondary N) is 2. The monoisotopic (exact) mass is 506 g/mol. The second kappa shape index (κ2) is 10.7. The zero-order valence-corrected chi connectivity index (χ0v) is 20.1. The van der Waals surface area contributed by atoms with Crippen molar-refractivity contribution in [3.63, 3.8) is 0 Å². The van der Waals surface area contributed by atoms with Gasteiger partial charge in [0.25, 0.3) is 5.91 Å². The van der Waals surface area contributed by atoms with Crippen molar-refractivity contribution in [1.82, 2.24) is 20.4 Å². The SMILES string of the molecule is CC(C)(C)[C@H](NC(=O)c1nn(Cc2ccc(C(F)(F)F)cc2)c2ccccc12)C(=O)NC(CO)CO. The van der Waals surface area contributed by atoms with Gasteiger partial charge >= 0.3 is 6.18 Å². The third-order valence-electron chi connectivity index (χ3n) is 5.68. The first-order valence-corrected chi connectivity index (χ1v) is 11.3. The van der Waals surface area contributed by atoms with Gasteiger partial charge in [0.2, 0.25) is 5.91 Å². The van der Waals surface area contributed by atoms with Crippen LogP contribution in [0.5, 0.6) is 0 Å². The molecule has 0 unspecified atom stereocenters. The Balaban J connectivity index is 1.89. The number of alkyl halides is 3. The van der Waals surface area contributed by atoms with E-state index in [4.69, 9.17) is 0 Å². The third kappa shape index (κ3) is 6.21. The number of hydrogen-bond donors (Lipinski definition) is 4. The van der Waals surface area contributed by atoms with Crippen LogP contribution < -0.4 is 10.6 Å². The van der Waals surface area contributed by atoms with Gasteiger partial charge in [0.1, 0.15) is 6.04 Å². The Labute approximate surface area is 206 Å². The number of nitrogens with zero attached hydrogens (tertiary/aromatic N) is 2. The van der Waals surface area contributed by atoms with Gasteiger partial charge in [-0.05, 0) is 29.2 Å². The number of para-hydroxylation sites is 1. The van der Waals surface area contributed by atoms with Gasteiger partial charge in [-0.15, -0.1) is 0 Å². The largest absolute Gasteiger partial charge is 0.416 e. The van der Waals surface area contributed by atoms with Crippen LogP contribution in [0, 0.1) is 5.41 Å². The molecule has 194 valence electrons. The third-order valence-corrected chi connectivity index (χ3v) is 5.68. The van der Waals surface area contributed by atoms with Crippen LogP contribution in [0.2, 0.25) is 0 Å². The van der Waals surface area contributed by atoms with Crippen molar-refractivity contribution in [3.8, 4) is 0 Å². The summed E-state index contributed by atoms with van der Waals surface area (Å²) in [5.41, 5.74) is -0.254. The van der Waals surface area contributed by atoms with Crippen molar-refractivity contribution >= 4 is 22.7 Å². The summed E-state index contributed by atoms with van der Waals surface area (Å²) in [6, 6.07) is 9.74. The van der Waals surface area contributed by atoms with E-state index in [2.05, 4.69) is 15.7 Å². The molecule has 0 aliphatic rings. The Morgan fingerprint density at radius 1 is 0.972 bits per heavy atom. The average Bonchev–Trinajstić information content (AvgIpc) is 3.18. The molecule has 11 heteroatoms. The molecule has 3 rings (SSSR count). The van der Waals surface area contributed by atoms with Gasteiger partial charge in [0.05, 0.1) is 36.9 Å². The van der Waals surface area contributed by atoms with Crippen LogP contribution in [0.15, 0.2) is 48.5 Å². The Morgan fingerprint density at radius 2 is 1.58 bits per heavy atom. The first-order chi connectivity index (χ1) is 16.8. The van der Waals surface area contributed by atoms with Crippen molar-refractivity contribution in [3.05, 3.63) is 65.4 Å². The molecule has 0 aliphatic carbocycles. The molecule has 1 heterocycles. The number of aliphatic hydroxyl groups is 2.